The first-order valence-electron chi connectivity index (χ1n) is 12.5. The lowest BCUT2D eigenvalue weighted by Gasteiger charge is -2.39. The van der Waals surface area contributed by atoms with Gasteiger partial charge < -0.3 is 10.1 Å². The number of hydrogen-bond donors (Lipinski definition) is 1. The van der Waals surface area contributed by atoms with Crippen LogP contribution in [0.3, 0.4) is 0 Å². The fourth-order valence-corrected chi connectivity index (χ4v) is 6.77. The van der Waals surface area contributed by atoms with E-state index in [2.05, 4.69) is 20.3 Å². The second kappa shape index (κ2) is 10.9. The predicted octanol–water partition coefficient (Wildman–Crippen LogP) is 5.14. The number of benzene rings is 1. The molecule has 5 rings (SSSR count). The zero-order valence-electron chi connectivity index (χ0n) is 21.3. The summed E-state index contributed by atoms with van der Waals surface area (Å²) in [5.74, 6) is -1.23. The molecule has 2 aliphatic rings. The van der Waals surface area contributed by atoms with Gasteiger partial charge >= 0.3 is 6.18 Å². The molecule has 0 unspecified atom stereocenters. The van der Waals surface area contributed by atoms with Crippen LogP contribution in [0.5, 0.6) is 0 Å². The maximum Gasteiger partial charge on any atom is 0.434 e. The minimum absolute atomic E-state index is 0.120. The molecule has 2 fully saturated rings. The summed E-state index contributed by atoms with van der Waals surface area (Å²) in [7, 11) is -3.34. The van der Waals surface area contributed by atoms with Crippen LogP contribution >= 0.6 is 11.3 Å². The summed E-state index contributed by atoms with van der Waals surface area (Å²) in [6, 6.07) is 8.95. The van der Waals surface area contributed by atoms with Gasteiger partial charge in [0.15, 0.2) is 17.2 Å². The van der Waals surface area contributed by atoms with Crippen LogP contribution in [0.1, 0.15) is 41.9 Å². The normalized spacial score (nSPS) is 22.7. The average molecular weight is 604 g/mol. The molecular formula is C25H26F5N5O3S2. The van der Waals surface area contributed by atoms with Crippen molar-refractivity contribution < 1.29 is 35.1 Å². The topological polar surface area (TPSA) is 97.3 Å². The van der Waals surface area contributed by atoms with Gasteiger partial charge in [0.05, 0.1) is 30.0 Å². The van der Waals surface area contributed by atoms with Crippen LogP contribution < -0.4 is 5.32 Å². The number of ether oxygens (including phenoxy) is 1. The Morgan fingerprint density at radius 2 is 1.82 bits per heavy atom. The van der Waals surface area contributed by atoms with E-state index in [1.165, 1.54) is 4.31 Å². The number of hydrogen-bond acceptors (Lipinski definition) is 8. The first-order valence-corrected chi connectivity index (χ1v) is 15.2. The van der Waals surface area contributed by atoms with Crippen molar-refractivity contribution >= 4 is 27.3 Å². The maximum absolute atomic E-state index is 15.6. The summed E-state index contributed by atoms with van der Waals surface area (Å²) in [5.41, 5.74) is -3.30. The summed E-state index contributed by atoms with van der Waals surface area (Å²) in [6.45, 7) is 0.735. The Hall–Kier alpha value is -2.75. The van der Waals surface area contributed by atoms with Crippen molar-refractivity contribution in [2.24, 2.45) is 0 Å². The zero-order chi connectivity index (χ0) is 28.7. The van der Waals surface area contributed by atoms with Crippen molar-refractivity contribution in [2.45, 2.75) is 56.3 Å². The minimum Gasteiger partial charge on any atom is -0.373 e. The molecule has 15 heteroatoms. The van der Waals surface area contributed by atoms with Crippen molar-refractivity contribution in [1.29, 1.82) is 0 Å². The Balaban J connectivity index is 1.33. The highest BCUT2D eigenvalue weighted by atomic mass is 32.2. The van der Waals surface area contributed by atoms with E-state index in [0.717, 1.165) is 18.0 Å². The number of sulfonamides is 1. The number of thiazole rings is 1. The number of piperidine rings is 1. The van der Waals surface area contributed by atoms with E-state index in [-0.39, 0.29) is 44.5 Å². The molecule has 1 aromatic carbocycles. The molecule has 3 heterocycles. The highest BCUT2D eigenvalue weighted by Gasteiger charge is 2.51. The third-order valence-corrected chi connectivity index (χ3v) is 9.47. The van der Waals surface area contributed by atoms with E-state index in [0.29, 0.717) is 24.2 Å². The molecule has 1 saturated carbocycles. The Morgan fingerprint density at radius 1 is 1.15 bits per heavy atom. The number of aromatic nitrogens is 3. The molecule has 0 bridgehead atoms. The highest BCUT2D eigenvalue weighted by molar-refractivity contribution is 7.88. The molecule has 0 atom stereocenters. The van der Waals surface area contributed by atoms with Crippen LogP contribution in [-0.2, 0) is 33.2 Å². The van der Waals surface area contributed by atoms with Gasteiger partial charge in [-0.2, -0.15) is 13.2 Å². The Kier molecular flexibility index (Phi) is 7.85. The summed E-state index contributed by atoms with van der Waals surface area (Å²) in [4.78, 5) is 10.8. The molecule has 8 nitrogen and oxygen atoms in total. The summed E-state index contributed by atoms with van der Waals surface area (Å²) in [5, 5.41) is 2.54. The number of halogens is 5. The SMILES string of the molecule is CS(=O)(=O)N1CCC(Nc2ncc(F)c(-c3sc([C@]4(F)C[C@H](OCc5ccccc5)C4)nc3C(F)(F)F)n2)CC1. The minimum atomic E-state index is -4.98. The summed E-state index contributed by atoms with van der Waals surface area (Å²) < 4.78 is 103. The van der Waals surface area contributed by atoms with Crippen LogP contribution in [0, 0.1) is 5.82 Å². The molecule has 1 aliphatic carbocycles. The predicted molar refractivity (Wildman–Crippen MR) is 138 cm³/mol. The summed E-state index contributed by atoms with van der Waals surface area (Å²) in [6.07, 6.45) is -3.15. The van der Waals surface area contributed by atoms with Crippen molar-refractivity contribution in [2.75, 3.05) is 24.7 Å². The molecule has 216 valence electrons. The molecule has 1 saturated heterocycles. The smallest absolute Gasteiger partial charge is 0.373 e. The van der Waals surface area contributed by atoms with Gasteiger partial charge in [0, 0.05) is 32.0 Å². The maximum atomic E-state index is 15.6. The van der Waals surface area contributed by atoms with E-state index >= 15 is 4.39 Å². The third-order valence-electron chi connectivity index (χ3n) is 6.93. The van der Waals surface area contributed by atoms with Gasteiger partial charge in [-0.1, -0.05) is 30.3 Å². The lowest BCUT2D eigenvalue weighted by molar-refractivity contribution is -0.141. The molecule has 1 N–H and O–H groups in total. The quantitative estimate of drug-likeness (QED) is 0.356. The molecule has 1 aliphatic heterocycles. The third kappa shape index (κ3) is 6.26. The van der Waals surface area contributed by atoms with Gasteiger partial charge in [0.1, 0.15) is 10.7 Å². The second-order valence-electron chi connectivity index (χ2n) is 9.96. The monoisotopic (exact) mass is 603 g/mol. The Morgan fingerprint density at radius 3 is 2.45 bits per heavy atom. The molecular weight excluding hydrogens is 577 g/mol. The van der Waals surface area contributed by atoms with Crippen LogP contribution in [-0.4, -0.2) is 59.2 Å². The van der Waals surface area contributed by atoms with Gasteiger partial charge in [-0.3, -0.25) is 0 Å². The molecule has 0 radical (unpaired) electrons. The van der Waals surface area contributed by atoms with Crippen LogP contribution in [0.2, 0.25) is 0 Å². The van der Waals surface area contributed by atoms with Crippen molar-refractivity contribution in [1.82, 2.24) is 19.3 Å². The van der Waals surface area contributed by atoms with Crippen molar-refractivity contribution in [3.63, 3.8) is 0 Å². The number of anilines is 1. The lowest BCUT2D eigenvalue weighted by Crippen LogP contribution is -2.42. The number of nitrogens with zero attached hydrogens (tertiary/aromatic N) is 4. The first kappa shape index (κ1) is 28.8. The van der Waals surface area contributed by atoms with Gasteiger partial charge in [-0.15, -0.1) is 11.3 Å². The van der Waals surface area contributed by atoms with E-state index in [1.54, 1.807) is 0 Å². The van der Waals surface area contributed by atoms with E-state index in [1.807, 2.05) is 30.3 Å². The highest BCUT2D eigenvalue weighted by Crippen LogP contribution is 2.51. The molecule has 3 aromatic rings. The van der Waals surface area contributed by atoms with E-state index < -0.39 is 55.1 Å². The van der Waals surface area contributed by atoms with Gasteiger partial charge in [0.2, 0.25) is 16.0 Å². The largest absolute Gasteiger partial charge is 0.434 e. The lowest BCUT2D eigenvalue weighted by atomic mass is 9.79. The van der Waals surface area contributed by atoms with E-state index in [4.69, 9.17) is 4.74 Å². The van der Waals surface area contributed by atoms with Gasteiger partial charge in [0.25, 0.3) is 0 Å². The van der Waals surface area contributed by atoms with Crippen molar-refractivity contribution in [3.8, 4) is 10.6 Å². The molecule has 0 spiro atoms. The van der Waals surface area contributed by atoms with Gasteiger partial charge in [-0.25, -0.2) is 36.5 Å². The first-order chi connectivity index (χ1) is 18.8. The Bertz CT molecular complexity index is 1460. The van der Waals surface area contributed by atoms with Gasteiger partial charge in [-0.05, 0) is 18.4 Å². The number of rotatable bonds is 8. The number of alkyl halides is 4. The van der Waals surface area contributed by atoms with Crippen LogP contribution in [0.15, 0.2) is 36.5 Å². The fraction of sp³-hybridized carbons (Fsp3) is 0.480. The molecule has 0 amide bonds. The Labute approximate surface area is 231 Å². The average Bonchev–Trinajstić information content (AvgIpc) is 3.34. The standard InChI is InChI=1S/C25H26F5N5O3S2/c1-40(36,37)35-9-7-16(8-10-35)32-23-31-13-18(26)19(33-23)20-21(25(28,29)30)34-22(39-20)24(27)11-17(12-24)38-14-15-5-3-2-4-6-15/h2-6,13,16-17H,7-12,14H2,1H3,(H,31,32,33)/t17-,24-. The molecule has 40 heavy (non-hydrogen) atoms. The van der Waals surface area contributed by atoms with Crippen LogP contribution in [0.4, 0.5) is 27.9 Å². The van der Waals surface area contributed by atoms with Crippen LogP contribution in [0.25, 0.3) is 10.6 Å². The number of nitrogens with one attached hydrogen (secondary N) is 1. The van der Waals surface area contributed by atoms with E-state index in [9.17, 15) is 26.0 Å². The second-order valence-corrected chi connectivity index (χ2v) is 12.9. The summed E-state index contributed by atoms with van der Waals surface area (Å²) >= 11 is 0.418. The molecule has 2 aromatic heterocycles. The zero-order valence-corrected chi connectivity index (χ0v) is 22.9. The fourth-order valence-electron chi connectivity index (χ4n) is 4.72. The van der Waals surface area contributed by atoms with Crippen molar-refractivity contribution in [3.05, 3.63) is 58.6 Å².